The molecule has 4 aromatic carbocycles. The lowest BCUT2D eigenvalue weighted by molar-refractivity contribution is -0.140. The van der Waals surface area contributed by atoms with Crippen LogP contribution in [0, 0.1) is 13.8 Å². The molecule has 0 aliphatic heterocycles. The van der Waals surface area contributed by atoms with E-state index < -0.39 is 34.1 Å². The van der Waals surface area contributed by atoms with E-state index in [1.54, 1.807) is 48.5 Å². The molecule has 0 saturated heterocycles. The van der Waals surface area contributed by atoms with Gasteiger partial charge in [0.05, 0.1) is 10.6 Å². The molecule has 0 aliphatic rings. The summed E-state index contributed by atoms with van der Waals surface area (Å²) in [6, 6.07) is 26.7. The lowest BCUT2D eigenvalue weighted by Crippen LogP contribution is -2.56. The first-order valence-corrected chi connectivity index (χ1v) is 17.1. The van der Waals surface area contributed by atoms with Crippen molar-refractivity contribution < 1.29 is 18.0 Å². The molecule has 0 bridgehead atoms. The molecular formula is C36H39Cl2N3O4S. The van der Waals surface area contributed by atoms with E-state index in [4.69, 9.17) is 23.2 Å². The van der Waals surface area contributed by atoms with Gasteiger partial charge in [-0.15, -0.1) is 0 Å². The minimum atomic E-state index is -4.19. The number of sulfonamides is 1. The molecular weight excluding hydrogens is 641 g/mol. The third-order valence-corrected chi connectivity index (χ3v) is 9.60. The van der Waals surface area contributed by atoms with E-state index in [0.29, 0.717) is 21.3 Å². The highest BCUT2D eigenvalue weighted by Gasteiger charge is 2.36. The van der Waals surface area contributed by atoms with Crippen LogP contribution in [0.15, 0.2) is 102 Å². The Kier molecular flexibility index (Phi) is 11.2. The minimum Gasteiger partial charge on any atom is -0.350 e. The molecule has 0 heterocycles. The second kappa shape index (κ2) is 14.7. The predicted octanol–water partition coefficient (Wildman–Crippen LogP) is 7.36. The van der Waals surface area contributed by atoms with Gasteiger partial charge in [0.1, 0.15) is 12.6 Å². The number of benzene rings is 4. The molecule has 0 aromatic heterocycles. The highest BCUT2D eigenvalue weighted by atomic mass is 35.5. The van der Waals surface area contributed by atoms with Gasteiger partial charge < -0.3 is 10.2 Å². The number of anilines is 1. The summed E-state index contributed by atoms with van der Waals surface area (Å²) in [6.45, 7) is 8.71. The Morgan fingerprint density at radius 3 is 1.98 bits per heavy atom. The topological polar surface area (TPSA) is 86.8 Å². The maximum atomic E-state index is 14.6. The summed E-state index contributed by atoms with van der Waals surface area (Å²) >= 11 is 12.8. The maximum absolute atomic E-state index is 14.6. The minimum absolute atomic E-state index is 0.0422. The van der Waals surface area contributed by atoms with E-state index in [1.807, 2.05) is 71.0 Å². The van der Waals surface area contributed by atoms with Crippen molar-refractivity contribution in [3.63, 3.8) is 0 Å². The van der Waals surface area contributed by atoms with E-state index in [9.17, 15) is 18.0 Å². The van der Waals surface area contributed by atoms with E-state index in [2.05, 4.69) is 5.32 Å². The Morgan fingerprint density at radius 1 is 0.826 bits per heavy atom. The van der Waals surface area contributed by atoms with Crippen molar-refractivity contribution in [1.82, 2.24) is 10.2 Å². The van der Waals surface area contributed by atoms with Gasteiger partial charge in [0.25, 0.3) is 10.0 Å². The van der Waals surface area contributed by atoms with Gasteiger partial charge in [-0.05, 0) is 93.3 Å². The summed E-state index contributed by atoms with van der Waals surface area (Å²) in [7, 11) is -4.19. The fraction of sp³-hybridized carbons (Fsp3) is 0.278. The van der Waals surface area contributed by atoms with Crippen LogP contribution in [-0.2, 0) is 32.6 Å². The number of hydrogen-bond donors (Lipinski definition) is 1. The molecule has 1 atom stereocenters. The van der Waals surface area contributed by atoms with Crippen molar-refractivity contribution in [2.45, 2.75) is 64.1 Å². The summed E-state index contributed by atoms with van der Waals surface area (Å²) in [6.07, 6.45) is 0.189. The van der Waals surface area contributed by atoms with Gasteiger partial charge in [-0.1, -0.05) is 83.9 Å². The molecule has 46 heavy (non-hydrogen) atoms. The van der Waals surface area contributed by atoms with Crippen LogP contribution in [0.5, 0.6) is 0 Å². The van der Waals surface area contributed by atoms with Gasteiger partial charge in [0.2, 0.25) is 11.8 Å². The number of carbonyl (C=O) groups excluding carboxylic acids is 2. The van der Waals surface area contributed by atoms with Crippen molar-refractivity contribution in [2.24, 2.45) is 0 Å². The molecule has 0 radical (unpaired) electrons. The Bertz CT molecular complexity index is 1770. The zero-order valence-corrected chi connectivity index (χ0v) is 29.0. The number of rotatable bonds is 11. The number of aryl methyl sites for hydroxylation is 2. The Labute approximate surface area is 282 Å². The second-order valence-electron chi connectivity index (χ2n) is 12.4. The molecule has 7 nitrogen and oxygen atoms in total. The lowest BCUT2D eigenvalue weighted by atomic mass is 10.0. The zero-order chi connectivity index (χ0) is 33.6. The normalized spacial score (nSPS) is 12.3. The maximum Gasteiger partial charge on any atom is 0.264 e. The summed E-state index contributed by atoms with van der Waals surface area (Å²) < 4.78 is 29.5. The van der Waals surface area contributed by atoms with Crippen LogP contribution >= 0.6 is 23.2 Å². The van der Waals surface area contributed by atoms with Crippen LogP contribution in [0.4, 0.5) is 5.69 Å². The van der Waals surface area contributed by atoms with E-state index in [0.717, 1.165) is 21.0 Å². The van der Waals surface area contributed by atoms with Gasteiger partial charge in [-0.25, -0.2) is 8.42 Å². The van der Waals surface area contributed by atoms with Crippen molar-refractivity contribution in [1.29, 1.82) is 0 Å². The summed E-state index contributed by atoms with van der Waals surface area (Å²) in [5, 5.41) is 3.77. The molecule has 0 spiro atoms. The molecule has 0 aliphatic carbocycles. The standard InChI is InChI=1S/C36H39Cl2N3O4S/c1-25-18-26(2)20-30(19-25)41(46(44,45)31-14-10-7-11-15-31)24-34(42)40(23-28-16-17-29(37)22-32(28)38)33(35(43)39-36(3,4)5)21-27-12-8-6-9-13-27/h6-20,22,33H,21,23-24H2,1-5H3,(H,39,43). The smallest absolute Gasteiger partial charge is 0.264 e. The SMILES string of the molecule is Cc1cc(C)cc(N(CC(=O)N(Cc2ccc(Cl)cc2Cl)C(Cc2ccccc2)C(=O)NC(C)(C)C)S(=O)(=O)c2ccccc2)c1. The second-order valence-corrected chi connectivity index (χ2v) is 15.1. The molecule has 4 rings (SSSR count). The summed E-state index contributed by atoms with van der Waals surface area (Å²) in [5.41, 5.74) is 2.82. The van der Waals surface area contributed by atoms with Gasteiger partial charge in [0, 0.05) is 28.5 Å². The first-order chi connectivity index (χ1) is 21.6. The number of halogens is 2. The summed E-state index contributed by atoms with van der Waals surface area (Å²) in [4.78, 5) is 30.1. The van der Waals surface area contributed by atoms with Crippen molar-refractivity contribution in [3.05, 3.63) is 129 Å². The molecule has 1 N–H and O–H groups in total. The number of carbonyl (C=O) groups is 2. The van der Waals surface area contributed by atoms with Crippen molar-refractivity contribution in [3.8, 4) is 0 Å². The number of nitrogens with one attached hydrogen (secondary N) is 1. The molecule has 4 aromatic rings. The van der Waals surface area contributed by atoms with E-state index >= 15 is 0 Å². The van der Waals surface area contributed by atoms with Gasteiger partial charge >= 0.3 is 0 Å². The number of hydrogen-bond acceptors (Lipinski definition) is 4. The third kappa shape index (κ3) is 9.12. The monoisotopic (exact) mass is 679 g/mol. The molecule has 10 heteroatoms. The highest BCUT2D eigenvalue weighted by Crippen LogP contribution is 2.28. The zero-order valence-electron chi connectivity index (χ0n) is 26.6. The Morgan fingerprint density at radius 2 is 1.41 bits per heavy atom. The van der Waals surface area contributed by atoms with Gasteiger partial charge in [-0.3, -0.25) is 13.9 Å². The Balaban J connectivity index is 1.86. The van der Waals surface area contributed by atoms with Crippen LogP contribution < -0.4 is 9.62 Å². The first kappa shape index (κ1) is 35.0. The lowest BCUT2D eigenvalue weighted by Gasteiger charge is -2.35. The van der Waals surface area contributed by atoms with Crippen LogP contribution in [0.3, 0.4) is 0 Å². The van der Waals surface area contributed by atoms with Crippen LogP contribution in [0.25, 0.3) is 0 Å². The third-order valence-electron chi connectivity index (χ3n) is 7.23. The highest BCUT2D eigenvalue weighted by molar-refractivity contribution is 7.92. The fourth-order valence-corrected chi connectivity index (χ4v) is 7.07. The Hall–Kier alpha value is -3.85. The molecule has 0 fully saturated rings. The quantitative estimate of drug-likeness (QED) is 0.179. The predicted molar refractivity (Wildman–Crippen MR) is 186 cm³/mol. The van der Waals surface area contributed by atoms with Gasteiger partial charge in [-0.2, -0.15) is 0 Å². The van der Waals surface area contributed by atoms with E-state index in [-0.39, 0.29) is 23.8 Å². The van der Waals surface area contributed by atoms with Crippen molar-refractivity contribution in [2.75, 3.05) is 10.8 Å². The number of nitrogens with zero attached hydrogens (tertiary/aromatic N) is 2. The van der Waals surface area contributed by atoms with Crippen LogP contribution in [0.1, 0.15) is 43.0 Å². The summed E-state index contributed by atoms with van der Waals surface area (Å²) in [5.74, 6) is -0.951. The molecule has 0 saturated carbocycles. The fourth-order valence-electron chi connectivity index (χ4n) is 5.18. The average Bonchev–Trinajstić information content (AvgIpc) is 2.98. The molecule has 242 valence electrons. The van der Waals surface area contributed by atoms with Gasteiger partial charge in [0.15, 0.2) is 0 Å². The van der Waals surface area contributed by atoms with E-state index in [1.165, 1.54) is 17.0 Å². The molecule has 1 unspecified atom stereocenters. The largest absolute Gasteiger partial charge is 0.350 e. The van der Waals surface area contributed by atoms with Crippen molar-refractivity contribution >= 4 is 50.7 Å². The molecule has 2 amide bonds. The average molecular weight is 681 g/mol. The van der Waals surface area contributed by atoms with Crippen LogP contribution in [-0.4, -0.2) is 43.3 Å². The first-order valence-electron chi connectivity index (χ1n) is 14.9. The van der Waals surface area contributed by atoms with Crippen LogP contribution in [0.2, 0.25) is 10.0 Å². The number of amides is 2.